The van der Waals surface area contributed by atoms with Gasteiger partial charge in [0.15, 0.2) is 0 Å². The Labute approximate surface area is 147 Å². The number of ether oxygens (including phenoxy) is 1. The Bertz CT molecular complexity index is 816. The van der Waals surface area contributed by atoms with Gasteiger partial charge in [-0.2, -0.15) is 0 Å². The molecule has 2 N–H and O–H groups in total. The van der Waals surface area contributed by atoms with Crippen molar-refractivity contribution in [1.82, 2.24) is 0 Å². The maximum atomic E-state index is 12.4. The summed E-state index contributed by atoms with van der Waals surface area (Å²) in [6.07, 6.45) is 0.567. The highest BCUT2D eigenvalue weighted by atomic mass is 16.5. The number of rotatable bonds is 5. The van der Waals surface area contributed by atoms with Crippen LogP contribution >= 0.6 is 0 Å². The van der Waals surface area contributed by atoms with Gasteiger partial charge in [0.25, 0.3) is 0 Å². The molecule has 2 unspecified atom stereocenters. The Balaban J connectivity index is 1.62. The zero-order valence-electron chi connectivity index (χ0n) is 14.6. The molecule has 5 heteroatoms. The summed E-state index contributed by atoms with van der Waals surface area (Å²) in [5.74, 6) is -0.218. The van der Waals surface area contributed by atoms with Crippen molar-refractivity contribution in [3.8, 4) is 5.75 Å². The molecule has 25 heavy (non-hydrogen) atoms. The van der Waals surface area contributed by atoms with Gasteiger partial charge < -0.3 is 15.4 Å². The van der Waals surface area contributed by atoms with Crippen molar-refractivity contribution >= 4 is 23.2 Å². The monoisotopic (exact) mass is 338 g/mol. The number of aryl methyl sites for hydroxylation is 2. The van der Waals surface area contributed by atoms with Crippen LogP contribution in [0.15, 0.2) is 42.5 Å². The Morgan fingerprint density at radius 2 is 1.60 bits per heavy atom. The predicted octanol–water partition coefficient (Wildman–Crippen LogP) is 3.53. The second kappa shape index (κ2) is 6.97. The summed E-state index contributed by atoms with van der Waals surface area (Å²) in [5.41, 5.74) is 3.46. The third-order valence-corrected chi connectivity index (χ3v) is 4.48. The number of nitrogens with one attached hydrogen (secondary N) is 2. The highest BCUT2D eigenvalue weighted by molar-refractivity contribution is 6.03. The van der Waals surface area contributed by atoms with Gasteiger partial charge in [0.1, 0.15) is 5.75 Å². The van der Waals surface area contributed by atoms with Crippen molar-refractivity contribution in [2.24, 2.45) is 11.8 Å². The van der Waals surface area contributed by atoms with Crippen molar-refractivity contribution in [2.45, 2.75) is 20.3 Å². The lowest BCUT2D eigenvalue weighted by atomic mass is 10.2. The number of amides is 2. The minimum atomic E-state index is -0.297. The Morgan fingerprint density at radius 3 is 2.24 bits per heavy atom. The largest absolute Gasteiger partial charge is 0.495 e. The molecular formula is C20H22N2O3. The molecule has 0 aromatic heterocycles. The van der Waals surface area contributed by atoms with Gasteiger partial charge in [-0.1, -0.05) is 24.3 Å². The van der Waals surface area contributed by atoms with E-state index in [0.29, 0.717) is 17.9 Å². The quantitative estimate of drug-likeness (QED) is 0.876. The minimum Gasteiger partial charge on any atom is -0.495 e. The van der Waals surface area contributed by atoms with Crippen LogP contribution in [0.4, 0.5) is 11.4 Å². The van der Waals surface area contributed by atoms with E-state index in [0.717, 1.165) is 16.8 Å². The van der Waals surface area contributed by atoms with Crippen LogP contribution in [0, 0.1) is 25.7 Å². The molecule has 0 heterocycles. The molecule has 0 aliphatic heterocycles. The smallest absolute Gasteiger partial charge is 0.228 e. The fourth-order valence-corrected chi connectivity index (χ4v) is 2.86. The highest BCUT2D eigenvalue weighted by Gasteiger charge is 2.48. The first-order valence-corrected chi connectivity index (χ1v) is 8.31. The average molecular weight is 338 g/mol. The highest BCUT2D eigenvalue weighted by Crippen LogP contribution is 2.41. The van der Waals surface area contributed by atoms with Gasteiger partial charge in [0, 0.05) is 5.69 Å². The SMILES string of the molecule is COc1ccc(C)cc1NC(=O)C1CC1C(=O)Nc1ccccc1C. The summed E-state index contributed by atoms with van der Waals surface area (Å²) in [7, 11) is 1.57. The van der Waals surface area contributed by atoms with E-state index in [-0.39, 0.29) is 23.7 Å². The molecule has 1 saturated carbocycles. The number of hydrogen-bond acceptors (Lipinski definition) is 3. The topological polar surface area (TPSA) is 67.4 Å². The van der Waals surface area contributed by atoms with Gasteiger partial charge in [-0.25, -0.2) is 0 Å². The minimum absolute atomic E-state index is 0.106. The van der Waals surface area contributed by atoms with Gasteiger partial charge in [0.05, 0.1) is 24.6 Å². The van der Waals surface area contributed by atoms with Crippen LogP contribution in [0.3, 0.4) is 0 Å². The molecule has 0 radical (unpaired) electrons. The summed E-state index contributed by atoms with van der Waals surface area (Å²) < 4.78 is 5.27. The summed E-state index contributed by atoms with van der Waals surface area (Å²) >= 11 is 0. The van der Waals surface area contributed by atoms with Crippen molar-refractivity contribution in [2.75, 3.05) is 17.7 Å². The zero-order valence-corrected chi connectivity index (χ0v) is 14.6. The van der Waals surface area contributed by atoms with Crippen LogP contribution in [0.25, 0.3) is 0 Å². The number of anilines is 2. The molecule has 1 fully saturated rings. The molecule has 0 spiro atoms. The molecule has 2 atom stereocenters. The second-order valence-corrected chi connectivity index (χ2v) is 6.45. The van der Waals surface area contributed by atoms with E-state index in [2.05, 4.69) is 10.6 Å². The van der Waals surface area contributed by atoms with Crippen LogP contribution in [-0.4, -0.2) is 18.9 Å². The molecule has 3 rings (SSSR count). The zero-order chi connectivity index (χ0) is 18.0. The molecule has 2 aromatic carbocycles. The van der Waals surface area contributed by atoms with E-state index in [9.17, 15) is 9.59 Å². The number of hydrogen-bond donors (Lipinski definition) is 2. The van der Waals surface area contributed by atoms with E-state index in [1.165, 1.54) is 0 Å². The van der Waals surface area contributed by atoms with E-state index in [1.54, 1.807) is 7.11 Å². The van der Waals surface area contributed by atoms with Crippen molar-refractivity contribution in [3.63, 3.8) is 0 Å². The van der Waals surface area contributed by atoms with Crippen LogP contribution < -0.4 is 15.4 Å². The fourth-order valence-electron chi connectivity index (χ4n) is 2.86. The Hall–Kier alpha value is -2.82. The van der Waals surface area contributed by atoms with E-state index in [1.807, 2.05) is 56.3 Å². The fraction of sp³-hybridized carbons (Fsp3) is 0.300. The normalized spacial score (nSPS) is 18.4. The van der Waals surface area contributed by atoms with Gasteiger partial charge in [0.2, 0.25) is 11.8 Å². The maximum absolute atomic E-state index is 12.4. The molecule has 2 amide bonds. The lowest BCUT2D eigenvalue weighted by molar-refractivity contribution is -0.122. The van der Waals surface area contributed by atoms with Crippen molar-refractivity contribution in [1.29, 1.82) is 0 Å². The first-order chi connectivity index (χ1) is 12.0. The lowest BCUT2D eigenvalue weighted by Gasteiger charge is -2.11. The summed E-state index contributed by atoms with van der Waals surface area (Å²) in [5, 5.41) is 5.79. The van der Waals surface area contributed by atoms with E-state index >= 15 is 0 Å². The summed E-state index contributed by atoms with van der Waals surface area (Å²) in [6, 6.07) is 13.2. The molecule has 0 saturated heterocycles. The third kappa shape index (κ3) is 3.82. The van der Waals surface area contributed by atoms with Crippen molar-refractivity contribution in [3.05, 3.63) is 53.6 Å². The van der Waals surface area contributed by atoms with Crippen LogP contribution in [-0.2, 0) is 9.59 Å². The van der Waals surface area contributed by atoms with Gasteiger partial charge in [-0.05, 0) is 49.6 Å². The van der Waals surface area contributed by atoms with E-state index in [4.69, 9.17) is 4.74 Å². The summed E-state index contributed by atoms with van der Waals surface area (Å²) in [4.78, 5) is 24.8. The standard InChI is InChI=1S/C20H22N2O3/c1-12-8-9-18(25-3)17(10-12)22-20(24)15-11-14(15)19(23)21-16-7-5-4-6-13(16)2/h4-10,14-15H,11H2,1-3H3,(H,21,23)(H,22,24). The number of benzene rings is 2. The Kier molecular flexibility index (Phi) is 4.74. The predicted molar refractivity (Wildman–Crippen MR) is 97.8 cm³/mol. The first kappa shape index (κ1) is 17.0. The lowest BCUT2D eigenvalue weighted by Crippen LogP contribution is -2.21. The molecule has 2 aromatic rings. The molecule has 1 aliphatic rings. The third-order valence-electron chi connectivity index (χ3n) is 4.48. The average Bonchev–Trinajstić information content (AvgIpc) is 3.38. The van der Waals surface area contributed by atoms with E-state index < -0.39 is 0 Å². The number of methoxy groups -OCH3 is 1. The van der Waals surface area contributed by atoms with Crippen molar-refractivity contribution < 1.29 is 14.3 Å². The van der Waals surface area contributed by atoms with Crippen LogP contribution in [0.2, 0.25) is 0 Å². The molecule has 5 nitrogen and oxygen atoms in total. The molecular weight excluding hydrogens is 316 g/mol. The van der Waals surface area contributed by atoms with Gasteiger partial charge >= 0.3 is 0 Å². The summed E-state index contributed by atoms with van der Waals surface area (Å²) in [6.45, 7) is 3.89. The Morgan fingerprint density at radius 1 is 0.960 bits per heavy atom. The second-order valence-electron chi connectivity index (χ2n) is 6.45. The number of carbonyl (C=O) groups is 2. The molecule has 0 bridgehead atoms. The van der Waals surface area contributed by atoms with Gasteiger partial charge in [-0.3, -0.25) is 9.59 Å². The maximum Gasteiger partial charge on any atom is 0.228 e. The van der Waals surface area contributed by atoms with Crippen LogP contribution in [0.1, 0.15) is 17.5 Å². The molecule has 1 aliphatic carbocycles. The number of carbonyl (C=O) groups excluding carboxylic acids is 2. The first-order valence-electron chi connectivity index (χ1n) is 8.31. The van der Waals surface area contributed by atoms with Crippen LogP contribution in [0.5, 0.6) is 5.75 Å². The molecule has 130 valence electrons. The van der Waals surface area contributed by atoms with Gasteiger partial charge in [-0.15, -0.1) is 0 Å². The number of para-hydroxylation sites is 1.